The van der Waals surface area contributed by atoms with Gasteiger partial charge in [0.15, 0.2) is 23.3 Å². The molecule has 0 saturated carbocycles. The second kappa shape index (κ2) is 14.3. The predicted molar refractivity (Wildman–Crippen MR) is 190 cm³/mol. The minimum atomic E-state index is -4.79. The Kier molecular flexibility index (Phi) is 9.55. The molecule has 0 heterocycles. The van der Waals surface area contributed by atoms with Gasteiger partial charge >= 0.3 is 18.2 Å². The molecule has 5 aromatic carbocycles. The summed E-state index contributed by atoms with van der Waals surface area (Å²) < 4.78 is 142. The SMILES string of the molecule is [C-]#[N+]C([N+]#[C-])=C1Cc2c(-c3ccc(C(F)(F)F)cc3)c3c(c(-c4ccc(C(F)(F)F)cc4)c2=C1c1ccc(F)c(F)c1)CC(=C(C#N)C#N)C=3c1ccc(F)c(F)c1. The highest BCUT2D eigenvalue weighted by atomic mass is 19.4. The highest BCUT2D eigenvalue weighted by Gasteiger charge is 2.38. The van der Waals surface area contributed by atoms with Crippen molar-refractivity contribution < 1.29 is 43.9 Å². The number of hydrogen-bond donors (Lipinski definition) is 0. The molecule has 58 heavy (non-hydrogen) atoms. The van der Waals surface area contributed by atoms with E-state index >= 15 is 8.78 Å². The number of rotatable bonds is 4. The fourth-order valence-electron chi connectivity index (χ4n) is 7.54. The molecule has 5 aromatic rings. The first-order valence-corrected chi connectivity index (χ1v) is 16.8. The van der Waals surface area contributed by atoms with E-state index in [-0.39, 0.29) is 90.1 Å². The van der Waals surface area contributed by atoms with Gasteiger partial charge in [-0.25, -0.2) is 17.6 Å². The van der Waals surface area contributed by atoms with E-state index in [0.29, 0.717) is 0 Å². The summed E-state index contributed by atoms with van der Waals surface area (Å²) in [5.74, 6) is -5.73. The Bertz CT molecular complexity index is 2740. The average molecular weight is 793 g/mol. The number of allylic oxidation sites excluding steroid dienone is 3. The molecule has 0 N–H and O–H groups in total. The molecular weight excluding hydrogens is 774 g/mol. The van der Waals surface area contributed by atoms with E-state index in [1.54, 1.807) is 12.1 Å². The van der Waals surface area contributed by atoms with E-state index in [2.05, 4.69) is 9.69 Å². The average Bonchev–Trinajstić information content (AvgIpc) is 3.76. The maximum Gasteiger partial charge on any atom is 0.523 e. The van der Waals surface area contributed by atoms with E-state index in [1.165, 1.54) is 0 Å². The van der Waals surface area contributed by atoms with Crippen molar-refractivity contribution in [3.8, 4) is 34.4 Å². The fraction of sp³-hybridized carbons (Fsp3) is 0.0909. The zero-order valence-electron chi connectivity index (χ0n) is 29.1. The van der Waals surface area contributed by atoms with Crippen molar-refractivity contribution in [1.29, 1.82) is 10.5 Å². The molecule has 0 bridgehead atoms. The summed E-state index contributed by atoms with van der Waals surface area (Å²) in [5, 5.41) is 20.5. The maximum atomic E-state index is 15.0. The van der Waals surface area contributed by atoms with Gasteiger partial charge in [0.05, 0.1) is 16.7 Å². The second-order valence-electron chi connectivity index (χ2n) is 13.1. The van der Waals surface area contributed by atoms with Crippen molar-refractivity contribution in [3.63, 3.8) is 0 Å². The van der Waals surface area contributed by atoms with E-state index in [0.717, 1.165) is 84.9 Å². The van der Waals surface area contributed by atoms with Crippen LogP contribution >= 0.6 is 0 Å². The van der Waals surface area contributed by atoms with E-state index < -0.39 is 58.1 Å². The van der Waals surface area contributed by atoms with Crippen LogP contribution in [0.25, 0.3) is 43.1 Å². The molecule has 0 spiro atoms. The van der Waals surface area contributed by atoms with E-state index in [4.69, 9.17) is 13.1 Å². The third-order valence-corrected chi connectivity index (χ3v) is 9.94. The minimum Gasteiger partial charge on any atom is -0.204 e. The van der Waals surface area contributed by atoms with Crippen LogP contribution in [0, 0.1) is 59.1 Å². The Morgan fingerprint density at radius 1 is 0.517 bits per heavy atom. The molecule has 0 aromatic heterocycles. The van der Waals surface area contributed by atoms with Gasteiger partial charge in [0.25, 0.3) is 0 Å². The van der Waals surface area contributed by atoms with Crippen molar-refractivity contribution in [3.05, 3.63) is 197 Å². The highest BCUT2D eigenvalue weighted by molar-refractivity contribution is 5.98. The minimum absolute atomic E-state index is 0.0191. The summed E-state index contributed by atoms with van der Waals surface area (Å²) >= 11 is 0. The van der Waals surface area contributed by atoms with Crippen molar-refractivity contribution in [2.45, 2.75) is 25.2 Å². The molecule has 7 rings (SSSR count). The molecule has 0 unspecified atom stereocenters. The van der Waals surface area contributed by atoms with Crippen LogP contribution < -0.4 is 10.4 Å². The number of fused-ring (bicyclic) bond motifs is 2. The molecule has 0 radical (unpaired) electrons. The Balaban J connectivity index is 1.83. The van der Waals surface area contributed by atoms with E-state index in [9.17, 15) is 45.6 Å². The molecule has 2 aliphatic rings. The molecule has 284 valence electrons. The monoisotopic (exact) mass is 792 g/mol. The number of nitriles is 2. The third kappa shape index (κ3) is 6.45. The van der Waals surface area contributed by atoms with Crippen molar-refractivity contribution >= 4 is 11.1 Å². The summed E-state index contributed by atoms with van der Waals surface area (Å²) in [6, 6.07) is 16.5. The molecule has 0 fully saturated rings. The van der Waals surface area contributed by atoms with Crippen molar-refractivity contribution in [2.24, 2.45) is 0 Å². The quantitative estimate of drug-likeness (QED) is 0.103. The summed E-state index contributed by atoms with van der Waals surface area (Å²) in [4.78, 5) is 6.72. The first kappa shape index (κ1) is 38.8. The van der Waals surface area contributed by atoms with Crippen molar-refractivity contribution in [1.82, 2.24) is 0 Å². The van der Waals surface area contributed by atoms with Gasteiger partial charge < -0.3 is 0 Å². The zero-order valence-corrected chi connectivity index (χ0v) is 29.1. The smallest absolute Gasteiger partial charge is 0.204 e. The van der Waals surface area contributed by atoms with Gasteiger partial charge in [-0.15, -0.1) is 0 Å². The van der Waals surface area contributed by atoms with Gasteiger partial charge in [-0.05, 0) is 127 Å². The highest BCUT2D eigenvalue weighted by Crippen LogP contribution is 2.44. The number of nitrogens with zero attached hydrogens (tertiary/aromatic N) is 4. The standard InChI is InChI=1S/C44H18F10N4/c1-57-42(58-2)31-18-30-37(22-5-11-27(12-6-22)44(52,53)54)40-29(17-28(25(19-55)20-56)38(40)23-7-13-32(45)34(47)15-23)36(21-3-9-26(10-4-21)43(49,50)51)41(30)39(31)24-8-14-33(46)35(48)16-24/h3-16H,17-18H2. The van der Waals surface area contributed by atoms with Crippen molar-refractivity contribution in [2.75, 3.05) is 0 Å². The summed E-state index contributed by atoms with van der Waals surface area (Å²) in [7, 11) is 0. The molecule has 2 aliphatic carbocycles. The molecule has 0 saturated heterocycles. The van der Waals surface area contributed by atoms with Gasteiger partial charge in [-0.2, -0.15) is 46.6 Å². The molecule has 4 nitrogen and oxygen atoms in total. The van der Waals surface area contributed by atoms with Crippen LogP contribution in [0.2, 0.25) is 0 Å². The number of benzene rings is 5. The summed E-state index contributed by atoms with van der Waals surface area (Å²) in [6.45, 7) is 15.7. The molecule has 0 aliphatic heterocycles. The van der Waals surface area contributed by atoms with Crippen LogP contribution in [0.5, 0.6) is 0 Å². The molecule has 0 atom stereocenters. The molecule has 14 heteroatoms. The lowest BCUT2D eigenvalue weighted by Gasteiger charge is -2.18. The molecule has 0 amide bonds. The van der Waals surface area contributed by atoms with Crippen LogP contribution in [0.15, 0.2) is 107 Å². The maximum absolute atomic E-state index is 15.0. The Morgan fingerprint density at radius 3 is 1.22 bits per heavy atom. The first-order chi connectivity index (χ1) is 27.5. The van der Waals surface area contributed by atoms with Gasteiger partial charge in [0.1, 0.15) is 30.9 Å². The lowest BCUT2D eigenvalue weighted by Crippen LogP contribution is -2.25. The van der Waals surface area contributed by atoms with Gasteiger partial charge in [0, 0.05) is 6.42 Å². The van der Waals surface area contributed by atoms with Crippen LogP contribution in [-0.4, -0.2) is 0 Å². The molecular formula is C44H18F10N4. The number of halogens is 10. The third-order valence-electron chi connectivity index (χ3n) is 9.94. The summed E-state index contributed by atoms with van der Waals surface area (Å²) in [5.41, 5.74) is -2.26. The summed E-state index contributed by atoms with van der Waals surface area (Å²) in [6.07, 6.45) is -10.3. The predicted octanol–water partition coefficient (Wildman–Crippen LogP) is 10.5. The van der Waals surface area contributed by atoms with E-state index in [1.807, 2.05) is 0 Å². The number of hydrogen-bond acceptors (Lipinski definition) is 2. The van der Waals surface area contributed by atoms with Crippen LogP contribution in [-0.2, 0) is 25.2 Å². The fourth-order valence-corrected chi connectivity index (χ4v) is 7.54. The lowest BCUT2D eigenvalue weighted by atomic mass is 9.85. The second-order valence-corrected chi connectivity index (χ2v) is 13.1. The van der Waals surface area contributed by atoms with Gasteiger partial charge in [-0.3, -0.25) is 0 Å². The van der Waals surface area contributed by atoms with Crippen LogP contribution in [0.4, 0.5) is 43.9 Å². The number of alkyl halides is 6. The van der Waals surface area contributed by atoms with Crippen LogP contribution in [0.3, 0.4) is 0 Å². The topological polar surface area (TPSA) is 56.3 Å². The van der Waals surface area contributed by atoms with Gasteiger partial charge in [0.2, 0.25) is 0 Å². The lowest BCUT2D eigenvalue weighted by molar-refractivity contribution is -0.138. The Morgan fingerprint density at radius 2 is 0.879 bits per heavy atom. The Labute approximate surface area is 322 Å². The normalized spacial score (nSPS) is 13.3. The largest absolute Gasteiger partial charge is 0.523 e. The first-order valence-electron chi connectivity index (χ1n) is 16.8. The van der Waals surface area contributed by atoms with Crippen LogP contribution in [0.1, 0.15) is 33.4 Å². The van der Waals surface area contributed by atoms with Gasteiger partial charge in [-0.1, -0.05) is 36.4 Å². The zero-order chi connectivity index (χ0) is 41.8. The Hall–Kier alpha value is -7.42.